The van der Waals surface area contributed by atoms with Gasteiger partial charge in [0.15, 0.2) is 0 Å². The summed E-state index contributed by atoms with van der Waals surface area (Å²) in [4.78, 5) is 40.9. The van der Waals surface area contributed by atoms with Gasteiger partial charge in [-0.15, -0.1) is 0 Å². The fourth-order valence-electron chi connectivity index (χ4n) is 4.16. The predicted molar refractivity (Wildman–Crippen MR) is 91.0 cm³/mol. The van der Waals surface area contributed by atoms with Gasteiger partial charge in [-0.1, -0.05) is 6.92 Å². The Morgan fingerprint density at radius 3 is 2.67 bits per heavy atom. The lowest BCUT2D eigenvalue weighted by Gasteiger charge is -2.37. The Morgan fingerprint density at radius 2 is 2.00 bits per heavy atom. The minimum absolute atomic E-state index is 0.0788. The Morgan fingerprint density at radius 1 is 1.29 bits per heavy atom. The standard InChI is InChI=1S/C18H25N3O3/c1-5-14-11(2)8-13(17(23)20(14)4)18(24)21-7-6-12-9-16(22)19(3)15(12)10-21/h8,12,15H,5-7,9-10H2,1-4H3/t12-,15-/m1/s1. The molecule has 1 aromatic rings. The first kappa shape index (κ1) is 16.7. The van der Waals surface area contributed by atoms with Crippen LogP contribution in [-0.4, -0.2) is 52.4 Å². The Labute approximate surface area is 142 Å². The van der Waals surface area contributed by atoms with Crippen LogP contribution >= 0.6 is 0 Å². The van der Waals surface area contributed by atoms with Gasteiger partial charge in [-0.3, -0.25) is 14.4 Å². The number of pyridine rings is 1. The largest absolute Gasteiger partial charge is 0.341 e. The van der Waals surface area contributed by atoms with Crippen molar-refractivity contribution >= 4 is 11.8 Å². The number of carbonyl (C=O) groups excluding carboxylic acids is 2. The molecule has 3 heterocycles. The van der Waals surface area contributed by atoms with Gasteiger partial charge in [0.1, 0.15) is 5.56 Å². The van der Waals surface area contributed by atoms with Crippen LogP contribution in [0.25, 0.3) is 0 Å². The Hall–Kier alpha value is -2.11. The number of aromatic nitrogens is 1. The van der Waals surface area contributed by atoms with E-state index in [4.69, 9.17) is 0 Å². The van der Waals surface area contributed by atoms with Crippen LogP contribution in [0.1, 0.15) is 41.4 Å². The van der Waals surface area contributed by atoms with Crippen molar-refractivity contribution in [1.29, 1.82) is 0 Å². The van der Waals surface area contributed by atoms with E-state index >= 15 is 0 Å². The predicted octanol–water partition coefficient (Wildman–Crippen LogP) is 0.949. The molecule has 2 saturated heterocycles. The van der Waals surface area contributed by atoms with Gasteiger partial charge in [0.2, 0.25) is 5.91 Å². The van der Waals surface area contributed by atoms with E-state index in [9.17, 15) is 14.4 Å². The molecule has 0 spiro atoms. The second-order valence-corrected chi connectivity index (χ2v) is 6.98. The Kier molecular flexibility index (Phi) is 4.24. The Bertz CT molecular complexity index is 753. The first-order chi connectivity index (χ1) is 11.3. The number of hydrogen-bond acceptors (Lipinski definition) is 3. The zero-order valence-electron chi connectivity index (χ0n) is 14.8. The van der Waals surface area contributed by atoms with E-state index in [2.05, 4.69) is 0 Å². The van der Waals surface area contributed by atoms with Gasteiger partial charge in [-0.05, 0) is 37.3 Å². The number of nitrogens with zero attached hydrogens (tertiary/aromatic N) is 3. The van der Waals surface area contributed by atoms with Crippen LogP contribution < -0.4 is 5.56 Å². The first-order valence-corrected chi connectivity index (χ1v) is 8.59. The number of carbonyl (C=O) groups is 2. The summed E-state index contributed by atoms with van der Waals surface area (Å²) in [5, 5.41) is 0. The molecule has 0 bridgehead atoms. The van der Waals surface area contributed by atoms with Crippen LogP contribution in [-0.2, 0) is 18.3 Å². The number of amides is 2. The highest BCUT2D eigenvalue weighted by atomic mass is 16.2. The zero-order valence-corrected chi connectivity index (χ0v) is 14.8. The van der Waals surface area contributed by atoms with Gasteiger partial charge in [0, 0.05) is 39.3 Å². The first-order valence-electron chi connectivity index (χ1n) is 8.59. The van der Waals surface area contributed by atoms with Crippen molar-refractivity contribution in [3.63, 3.8) is 0 Å². The summed E-state index contributed by atoms with van der Waals surface area (Å²) < 4.78 is 1.58. The molecule has 3 rings (SSSR count). The molecule has 0 N–H and O–H groups in total. The van der Waals surface area contributed by atoms with Crippen molar-refractivity contribution in [3.8, 4) is 0 Å². The average Bonchev–Trinajstić information content (AvgIpc) is 2.85. The molecule has 130 valence electrons. The molecule has 0 radical (unpaired) electrons. The quantitative estimate of drug-likeness (QED) is 0.810. The molecular weight excluding hydrogens is 306 g/mol. The third kappa shape index (κ3) is 2.54. The SMILES string of the molecule is CCc1c(C)cc(C(=O)N2CC[C@@H]3CC(=O)N(C)[C@@H]3C2)c(=O)n1C. The maximum Gasteiger partial charge on any atom is 0.263 e. The number of fused-ring (bicyclic) bond motifs is 1. The van der Waals surface area contributed by atoms with E-state index < -0.39 is 0 Å². The molecule has 2 atom stereocenters. The topological polar surface area (TPSA) is 62.6 Å². The summed E-state index contributed by atoms with van der Waals surface area (Å²) in [5.41, 5.74) is 1.92. The van der Waals surface area contributed by atoms with E-state index in [1.807, 2.05) is 13.8 Å². The van der Waals surface area contributed by atoms with Gasteiger partial charge in [0.25, 0.3) is 11.5 Å². The summed E-state index contributed by atoms with van der Waals surface area (Å²) >= 11 is 0. The minimum Gasteiger partial charge on any atom is -0.341 e. The molecule has 2 amide bonds. The lowest BCUT2D eigenvalue weighted by Crippen LogP contribution is -2.50. The molecule has 0 aromatic carbocycles. The van der Waals surface area contributed by atoms with Gasteiger partial charge in [0.05, 0.1) is 6.04 Å². The molecule has 6 heteroatoms. The van der Waals surface area contributed by atoms with Crippen LogP contribution in [0.2, 0.25) is 0 Å². The number of rotatable bonds is 2. The average molecular weight is 331 g/mol. The van der Waals surface area contributed by atoms with Gasteiger partial charge >= 0.3 is 0 Å². The molecule has 24 heavy (non-hydrogen) atoms. The van der Waals surface area contributed by atoms with E-state index in [1.165, 1.54) is 0 Å². The summed E-state index contributed by atoms with van der Waals surface area (Å²) in [6.07, 6.45) is 2.15. The smallest absolute Gasteiger partial charge is 0.263 e. The maximum atomic E-state index is 12.9. The lowest BCUT2D eigenvalue weighted by molar-refractivity contribution is -0.127. The zero-order chi connectivity index (χ0) is 17.6. The van der Waals surface area contributed by atoms with Crippen molar-refractivity contribution in [2.45, 2.75) is 39.2 Å². The van der Waals surface area contributed by atoms with Crippen molar-refractivity contribution in [2.24, 2.45) is 13.0 Å². The monoisotopic (exact) mass is 331 g/mol. The molecule has 0 aliphatic carbocycles. The summed E-state index contributed by atoms with van der Waals surface area (Å²) in [5.74, 6) is 0.268. The van der Waals surface area contributed by atoms with E-state index in [1.54, 1.807) is 34.5 Å². The fraction of sp³-hybridized carbons (Fsp3) is 0.611. The number of likely N-dealkylation sites (tertiary alicyclic amines) is 2. The summed E-state index contributed by atoms with van der Waals surface area (Å²) in [6.45, 7) is 5.06. The van der Waals surface area contributed by atoms with Gasteiger partial charge < -0.3 is 14.4 Å². The Balaban J connectivity index is 1.88. The van der Waals surface area contributed by atoms with Crippen molar-refractivity contribution < 1.29 is 9.59 Å². The van der Waals surface area contributed by atoms with Crippen LogP contribution in [0.5, 0.6) is 0 Å². The molecule has 0 saturated carbocycles. The highest BCUT2D eigenvalue weighted by Gasteiger charge is 2.42. The molecule has 6 nitrogen and oxygen atoms in total. The molecule has 1 aromatic heterocycles. The number of piperidine rings is 1. The van der Waals surface area contributed by atoms with Gasteiger partial charge in [-0.2, -0.15) is 0 Å². The second kappa shape index (κ2) is 6.07. The van der Waals surface area contributed by atoms with Crippen molar-refractivity contribution in [1.82, 2.24) is 14.4 Å². The molecular formula is C18H25N3O3. The van der Waals surface area contributed by atoms with Crippen molar-refractivity contribution in [3.05, 3.63) is 33.2 Å². The van der Waals surface area contributed by atoms with Crippen LogP contribution in [0.4, 0.5) is 0 Å². The van der Waals surface area contributed by atoms with Gasteiger partial charge in [-0.25, -0.2) is 0 Å². The van der Waals surface area contributed by atoms with Crippen LogP contribution in [0.15, 0.2) is 10.9 Å². The minimum atomic E-state index is -0.236. The molecule has 2 fully saturated rings. The molecule has 2 aliphatic heterocycles. The highest BCUT2D eigenvalue weighted by Crippen LogP contribution is 2.31. The van der Waals surface area contributed by atoms with E-state index in [0.717, 1.165) is 24.1 Å². The fourth-order valence-corrected chi connectivity index (χ4v) is 4.16. The molecule has 0 unspecified atom stereocenters. The van der Waals surface area contributed by atoms with Crippen LogP contribution in [0, 0.1) is 12.8 Å². The number of hydrogen-bond donors (Lipinski definition) is 0. The normalized spacial score (nSPS) is 23.6. The number of likely N-dealkylation sites (N-methyl/N-ethyl adjacent to an activating group) is 1. The third-order valence-corrected chi connectivity index (χ3v) is 5.66. The summed E-state index contributed by atoms with van der Waals surface area (Å²) in [6, 6.07) is 1.80. The summed E-state index contributed by atoms with van der Waals surface area (Å²) in [7, 11) is 3.53. The van der Waals surface area contributed by atoms with Crippen molar-refractivity contribution in [2.75, 3.05) is 20.1 Å². The lowest BCUT2D eigenvalue weighted by atomic mass is 9.92. The van der Waals surface area contributed by atoms with E-state index in [0.29, 0.717) is 25.4 Å². The maximum absolute atomic E-state index is 12.9. The molecule has 2 aliphatic rings. The highest BCUT2D eigenvalue weighted by molar-refractivity contribution is 5.94. The second-order valence-electron chi connectivity index (χ2n) is 6.98. The number of aryl methyl sites for hydroxylation is 1. The van der Waals surface area contributed by atoms with E-state index in [-0.39, 0.29) is 29.0 Å². The third-order valence-electron chi connectivity index (χ3n) is 5.66. The van der Waals surface area contributed by atoms with Crippen LogP contribution in [0.3, 0.4) is 0 Å².